The number of anilines is 1. The number of likely N-dealkylation sites (tertiary alicyclic amines) is 1. The molecule has 0 bridgehead atoms. The highest BCUT2D eigenvalue weighted by atomic mass is 35.5. The van der Waals surface area contributed by atoms with Crippen molar-refractivity contribution >= 4 is 23.2 Å². The zero-order valence-electron chi connectivity index (χ0n) is 14.6. The average molecular weight is 357 g/mol. The summed E-state index contributed by atoms with van der Waals surface area (Å²) < 4.78 is 0. The van der Waals surface area contributed by atoms with Gasteiger partial charge in [0, 0.05) is 0 Å². The third kappa shape index (κ3) is 4.83. The van der Waals surface area contributed by atoms with Gasteiger partial charge in [0.05, 0.1) is 16.8 Å². The van der Waals surface area contributed by atoms with E-state index in [1.165, 1.54) is 5.56 Å². The molecule has 0 saturated carbocycles. The molecule has 1 amide bonds. The third-order valence-corrected chi connectivity index (χ3v) is 5.40. The molecule has 2 aromatic rings. The molecule has 4 heteroatoms. The topological polar surface area (TPSA) is 32.3 Å². The molecule has 0 radical (unpaired) electrons. The second-order valence-electron chi connectivity index (χ2n) is 6.81. The SMILES string of the molecule is C[C@@H](C(=O)Nc1ccccc1Cl)N1CCC(Cc2ccccc2)CC1. The lowest BCUT2D eigenvalue weighted by Gasteiger charge is -2.35. The highest BCUT2D eigenvalue weighted by Gasteiger charge is 2.26. The third-order valence-electron chi connectivity index (χ3n) is 5.08. The van der Waals surface area contributed by atoms with E-state index in [2.05, 4.69) is 40.5 Å². The lowest BCUT2D eigenvalue weighted by molar-refractivity contribution is -0.121. The van der Waals surface area contributed by atoms with Crippen molar-refractivity contribution < 1.29 is 4.79 Å². The summed E-state index contributed by atoms with van der Waals surface area (Å²) in [4.78, 5) is 14.8. The lowest BCUT2D eigenvalue weighted by Crippen LogP contribution is -2.46. The van der Waals surface area contributed by atoms with Crippen molar-refractivity contribution in [1.82, 2.24) is 4.90 Å². The Morgan fingerprint density at radius 3 is 2.44 bits per heavy atom. The minimum absolute atomic E-state index is 0.00890. The first-order valence-corrected chi connectivity index (χ1v) is 9.34. The zero-order valence-corrected chi connectivity index (χ0v) is 15.4. The van der Waals surface area contributed by atoms with Crippen LogP contribution in [-0.4, -0.2) is 29.9 Å². The summed E-state index contributed by atoms with van der Waals surface area (Å²) in [5.41, 5.74) is 2.09. The molecule has 0 aromatic heterocycles. The molecular weight excluding hydrogens is 332 g/mol. The van der Waals surface area contributed by atoms with Crippen molar-refractivity contribution in [2.24, 2.45) is 5.92 Å². The van der Waals surface area contributed by atoms with Crippen molar-refractivity contribution in [2.75, 3.05) is 18.4 Å². The molecule has 1 aliphatic heterocycles. The van der Waals surface area contributed by atoms with Gasteiger partial charge < -0.3 is 5.32 Å². The van der Waals surface area contributed by atoms with Gasteiger partial charge in [0.1, 0.15) is 0 Å². The van der Waals surface area contributed by atoms with E-state index in [1.807, 2.05) is 25.1 Å². The fraction of sp³-hybridized carbons (Fsp3) is 0.381. The van der Waals surface area contributed by atoms with Gasteiger partial charge in [-0.25, -0.2) is 0 Å². The predicted molar refractivity (Wildman–Crippen MR) is 104 cm³/mol. The van der Waals surface area contributed by atoms with Crippen molar-refractivity contribution in [3.63, 3.8) is 0 Å². The molecule has 0 unspecified atom stereocenters. The molecule has 3 nitrogen and oxygen atoms in total. The zero-order chi connectivity index (χ0) is 17.6. The van der Waals surface area contributed by atoms with Gasteiger partial charge >= 0.3 is 0 Å². The van der Waals surface area contributed by atoms with Gasteiger partial charge in [-0.15, -0.1) is 0 Å². The maximum atomic E-state index is 12.5. The summed E-state index contributed by atoms with van der Waals surface area (Å²) >= 11 is 6.13. The fourth-order valence-electron chi connectivity index (χ4n) is 3.46. The van der Waals surface area contributed by atoms with E-state index in [0.29, 0.717) is 16.6 Å². The van der Waals surface area contributed by atoms with E-state index in [1.54, 1.807) is 6.07 Å². The normalized spacial score (nSPS) is 17.2. The molecule has 1 N–H and O–H groups in total. The Kier molecular flexibility index (Phi) is 6.11. The Bertz CT molecular complexity index is 696. The van der Waals surface area contributed by atoms with Crippen LogP contribution in [0.4, 0.5) is 5.69 Å². The molecule has 1 atom stereocenters. The number of nitrogens with one attached hydrogen (secondary N) is 1. The minimum Gasteiger partial charge on any atom is -0.323 e. The highest BCUT2D eigenvalue weighted by Crippen LogP contribution is 2.24. The quantitative estimate of drug-likeness (QED) is 0.847. The smallest absolute Gasteiger partial charge is 0.241 e. The van der Waals surface area contributed by atoms with Crippen LogP contribution in [0.15, 0.2) is 54.6 Å². The van der Waals surface area contributed by atoms with Crippen LogP contribution in [0.1, 0.15) is 25.3 Å². The van der Waals surface area contributed by atoms with Crippen molar-refractivity contribution in [3.8, 4) is 0 Å². The number of benzene rings is 2. The summed E-state index contributed by atoms with van der Waals surface area (Å²) in [5, 5.41) is 3.52. The number of rotatable bonds is 5. The first-order valence-electron chi connectivity index (χ1n) is 8.97. The molecule has 2 aromatic carbocycles. The number of hydrogen-bond donors (Lipinski definition) is 1. The standard InChI is InChI=1S/C21H25ClN2O/c1-16(21(25)23-20-10-6-5-9-19(20)22)24-13-11-18(12-14-24)15-17-7-3-2-4-8-17/h2-10,16,18H,11-15H2,1H3,(H,23,25)/t16-/m0/s1. The Labute approximate surface area is 155 Å². The van der Waals surface area contributed by atoms with E-state index in [9.17, 15) is 4.79 Å². The second-order valence-corrected chi connectivity index (χ2v) is 7.22. The predicted octanol–water partition coefficient (Wildman–Crippen LogP) is 4.62. The molecule has 132 valence electrons. The van der Waals surface area contributed by atoms with Gasteiger partial charge in [0.15, 0.2) is 0 Å². The number of nitrogens with zero attached hydrogens (tertiary/aromatic N) is 1. The maximum absolute atomic E-state index is 12.5. The van der Waals surface area contributed by atoms with Crippen molar-refractivity contribution in [1.29, 1.82) is 0 Å². The number of amides is 1. The number of piperidine rings is 1. The maximum Gasteiger partial charge on any atom is 0.241 e. The van der Waals surface area contributed by atoms with Crippen LogP contribution < -0.4 is 5.32 Å². The molecule has 1 heterocycles. The van der Waals surface area contributed by atoms with Gasteiger partial charge in [0.25, 0.3) is 0 Å². The Balaban J connectivity index is 1.50. The van der Waals surface area contributed by atoms with Gasteiger partial charge in [-0.1, -0.05) is 54.1 Å². The lowest BCUT2D eigenvalue weighted by atomic mass is 9.89. The summed E-state index contributed by atoms with van der Waals surface area (Å²) in [6, 6.07) is 17.9. The summed E-state index contributed by atoms with van der Waals surface area (Å²) in [5.74, 6) is 0.715. The van der Waals surface area contributed by atoms with Crippen LogP contribution in [0.5, 0.6) is 0 Å². The van der Waals surface area contributed by atoms with Gasteiger partial charge in [0.2, 0.25) is 5.91 Å². The number of carbonyl (C=O) groups excluding carboxylic acids is 1. The van der Waals surface area contributed by atoms with Crippen LogP contribution in [0.2, 0.25) is 5.02 Å². The Morgan fingerprint density at radius 2 is 1.76 bits per heavy atom. The minimum atomic E-state index is -0.144. The first kappa shape index (κ1) is 18.0. The Hall–Kier alpha value is -1.84. The highest BCUT2D eigenvalue weighted by molar-refractivity contribution is 6.33. The van der Waals surface area contributed by atoms with Crippen LogP contribution in [0, 0.1) is 5.92 Å². The molecule has 0 aliphatic carbocycles. The second kappa shape index (κ2) is 8.50. The van der Waals surface area contributed by atoms with E-state index in [0.717, 1.165) is 32.4 Å². The van der Waals surface area contributed by atoms with Crippen LogP contribution in [0.3, 0.4) is 0 Å². The number of hydrogen-bond acceptors (Lipinski definition) is 2. The first-order chi connectivity index (χ1) is 12.1. The van der Waals surface area contributed by atoms with Gasteiger partial charge in [-0.2, -0.15) is 0 Å². The summed E-state index contributed by atoms with van der Waals surface area (Å²) in [6.07, 6.45) is 3.41. The van der Waals surface area contributed by atoms with Crippen molar-refractivity contribution in [3.05, 3.63) is 65.2 Å². The average Bonchev–Trinajstić information content (AvgIpc) is 2.64. The summed E-state index contributed by atoms with van der Waals surface area (Å²) in [6.45, 7) is 3.91. The molecule has 0 spiro atoms. The van der Waals surface area contributed by atoms with Crippen LogP contribution in [-0.2, 0) is 11.2 Å². The molecule has 1 saturated heterocycles. The monoisotopic (exact) mass is 356 g/mol. The van der Waals surface area contributed by atoms with E-state index in [-0.39, 0.29) is 11.9 Å². The molecule has 25 heavy (non-hydrogen) atoms. The van der Waals surface area contributed by atoms with Gasteiger partial charge in [-0.3, -0.25) is 9.69 Å². The fourth-order valence-corrected chi connectivity index (χ4v) is 3.64. The molecule has 1 aliphatic rings. The van der Waals surface area contributed by atoms with E-state index in [4.69, 9.17) is 11.6 Å². The summed E-state index contributed by atoms with van der Waals surface area (Å²) in [7, 11) is 0. The van der Waals surface area contributed by atoms with E-state index < -0.39 is 0 Å². The number of carbonyl (C=O) groups is 1. The van der Waals surface area contributed by atoms with Crippen LogP contribution >= 0.6 is 11.6 Å². The molecular formula is C21H25ClN2O. The van der Waals surface area contributed by atoms with Gasteiger partial charge in [-0.05, 0) is 62.9 Å². The molecule has 1 fully saturated rings. The van der Waals surface area contributed by atoms with Crippen LogP contribution in [0.25, 0.3) is 0 Å². The Morgan fingerprint density at radius 1 is 1.12 bits per heavy atom. The van der Waals surface area contributed by atoms with Crippen molar-refractivity contribution in [2.45, 2.75) is 32.2 Å². The largest absolute Gasteiger partial charge is 0.323 e. The number of para-hydroxylation sites is 1. The van der Waals surface area contributed by atoms with E-state index >= 15 is 0 Å². The molecule has 3 rings (SSSR count). The number of halogens is 1.